The third-order valence-corrected chi connectivity index (χ3v) is 14.7. The Balaban J connectivity index is 1.03. The number of carbonyl (C=O) groups is 1. The predicted octanol–water partition coefficient (Wildman–Crippen LogP) is 9.54. The highest BCUT2D eigenvalue weighted by Gasteiger charge is 2.44. The summed E-state index contributed by atoms with van der Waals surface area (Å²) < 4.78 is 52.3. The van der Waals surface area contributed by atoms with Crippen LogP contribution in [0.25, 0.3) is 0 Å². The lowest BCUT2D eigenvalue weighted by atomic mass is 9.68. The number of benzene rings is 4. The van der Waals surface area contributed by atoms with Gasteiger partial charge in [-0.15, -0.1) is 0 Å². The zero-order chi connectivity index (χ0) is 44.1. The van der Waals surface area contributed by atoms with E-state index in [-0.39, 0.29) is 42.1 Å². The number of ether oxygens (including phenoxy) is 4. The van der Waals surface area contributed by atoms with Crippen molar-refractivity contribution >= 4 is 33.3 Å². The molecule has 0 unspecified atom stereocenters. The van der Waals surface area contributed by atoms with Crippen LogP contribution in [0.15, 0.2) is 97.1 Å². The van der Waals surface area contributed by atoms with Crippen molar-refractivity contribution in [2.45, 2.75) is 95.9 Å². The molecule has 1 spiro atoms. The van der Waals surface area contributed by atoms with E-state index in [2.05, 4.69) is 17.0 Å². The molecule has 12 heteroatoms. The van der Waals surface area contributed by atoms with Crippen molar-refractivity contribution in [2.75, 3.05) is 44.6 Å². The fourth-order valence-electron chi connectivity index (χ4n) is 9.15. The SMILES string of the molecule is COc1ccc(CN(Cc2ccc(OC)cc2)S(=O)(=O)CCC/C=C/[C@H](O)[C@@H]2CC[C@H]2CN2C[C@@]3(CCCc4cc(Cl)ccc43)COc3ccc(C(=O)OC(C)(C)C)cc32)cc1. The Hall–Kier alpha value is -4.55. The highest BCUT2D eigenvalue weighted by atomic mass is 35.5. The van der Waals surface area contributed by atoms with Crippen molar-refractivity contribution in [2.24, 2.45) is 11.8 Å². The second-order valence-electron chi connectivity index (χ2n) is 18.1. The smallest absolute Gasteiger partial charge is 0.338 e. The van der Waals surface area contributed by atoms with E-state index in [1.165, 1.54) is 15.4 Å². The molecule has 0 aromatic heterocycles. The van der Waals surface area contributed by atoms with E-state index < -0.39 is 21.7 Å². The number of anilines is 1. The fraction of sp³-hybridized carbons (Fsp3) is 0.460. The molecule has 1 heterocycles. The number of nitrogens with zero attached hydrogens (tertiary/aromatic N) is 2. The average molecular weight is 886 g/mol. The Bertz CT molecular complexity index is 2260. The Morgan fingerprint density at radius 2 is 1.65 bits per heavy atom. The third kappa shape index (κ3) is 11.0. The summed E-state index contributed by atoms with van der Waals surface area (Å²) in [4.78, 5) is 15.7. The van der Waals surface area contributed by atoms with Crippen LogP contribution in [0.4, 0.5) is 5.69 Å². The van der Waals surface area contributed by atoms with Gasteiger partial charge in [-0.25, -0.2) is 13.2 Å². The van der Waals surface area contributed by atoms with Gasteiger partial charge in [0.05, 0.1) is 43.9 Å². The van der Waals surface area contributed by atoms with E-state index >= 15 is 0 Å². The number of rotatable bonds is 16. The Morgan fingerprint density at radius 3 is 2.26 bits per heavy atom. The molecule has 0 saturated heterocycles. The van der Waals surface area contributed by atoms with Gasteiger partial charge in [-0.2, -0.15) is 4.31 Å². The minimum Gasteiger partial charge on any atom is -0.497 e. The number of fused-ring (bicyclic) bond motifs is 3. The number of carbonyl (C=O) groups excluding carboxylic acids is 1. The van der Waals surface area contributed by atoms with E-state index in [0.717, 1.165) is 59.7 Å². The molecule has 4 aromatic rings. The number of aryl methyl sites for hydroxylation is 1. The van der Waals surface area contributed by atoms with Crippen molar-refractivity contribution < 1.29 is 37.3 Å². The summed E-state index contributed by atoms with van der Waals surface area (Å²) in [6.07, 6.45) is 8.83. The summed E-state index contributed by atoms with van der Waals surface area (Å²) >= 11 is 6.48. The summed E-state index contributed by atoms with van der Waals surface area (Å²) in [7, 11) is -0.433. The number of esters is 1. The number of hydrogen-bond donors (Lipinski definition) is 1. The first-order valence-electron chi connectivity index (χ1n) is 21.8. The Kier molecular flexibility index (Phi) is 14.3. The first-order chi connectivity index (χ1) is 29.6. The van der Waals surface area contributed by atoms with Crippen LogP contribution in [0.2, 0.25) is 5.02 Å². The van der Waals surface area contributed by atoms with Crippen LogP contribution in [0.3, 0.4) is 0 Å². The molecule has 10 nitrogen and oxygen atoms in total. The maximum absolute atomic E-state index is 13.9. The van der Waals surface area contributed by atoms with Crippen LogP contribution < -0.4 is 19.1 Å². The molecule has 0 radical (unpaired) electrons. The van der Waals surface area contributed by atoms with Gasteiger partial charge in [-0.3, -0.25) is 0 Å². The fourth-order valence-corrected chi connectivity index (χ4v) is 10.8. The number of aliphatic hydroxyl groups is 1. The van der Waals surface area contributed by atoms with Crippen LogP contribution in [0.1, 0.15) is 91.9 Å². The molecule has 1 saturated carbocycles. The standard InChI is InChI=1S/C50H61ClN2O8S/c1-49(2,3)61-48(55)38-17-25-47-45(29-38)52(33-50(34-60-47)26-9-10-37-28-40(51)18-24-44(37)50)32-39-16-23-43(39)46(54)11-7-6-8-27-62(56,57)53(30-35-12-19-41(58-4)20-13-35)31-36-14-21-42(59-5)22-15-36/h7,11-15,17-22,24-25,28-29,39,43,46,54H,6,8-10,16,23,26-27,30-34H2,1-5H3/b11-7+/t39-,43+,46-,50-/m0/s1. The molecule has 7 rings (SSSR count). The van der Waals surface area contributed by atoms with Gasteiger partial charge in [0.2, 0.25) is 10.0 Å². The molecular formula is C50H61ClN2O8S. The van der Waals surface area contributed by atoms with Crippen molar-refractivity contribution in [3.05, 3.63) is 130 Å². The van der Waals surface area contributed by atoms with E-state index in [9.17, 15) is 18.3 Å². The van der Waals surface area contributed by atoms with E-state index in [1.54, 1.807) is 20.3 Å². The summed E-state index contributed by atoms with van der Waals surface area (Å²) in [5, 5.41) is 12.3. The molecule has 4 aromatic carbocycles. The minimum absolute atomic E-state index is 0.0232. The van der Waals surface area contributed by atoms with Gasteiger partial charge in [0, 0.05) is 36.6 Å². The highest BCUT2D eigenvalue weighted by molar-refractivity contribution is 7.89. The lowest BCUT2D eigenvalue weighted by Gasteiger charge is -2.45. The minimum atomic E-state index is -3.64. The molecule has 1 N–H and O–H groups in total. The van der Waals surface area contributed by atoms with Gasteiger partial charge in [-0.05, 0) is 154 Å². The van der Waals surface area contributed by atoms with Crippen molar-refractivity contribution in [3.8, 4) is 17.2 Å². The van der Waals surface area contributed by atoms with E-state index in [4.69, 9.17) is 30.5 Å². The summed E-state index contributed by atoms with van der Waals surface area (Å²) in [6, 6.07) is 26.7. The van der Waals surface area contributed by atoms with E-state index in [1.807, 2.05) is 99.7 Å². The van der Waals surface area contributed by atoms with Gasteiger partial charge in [0.1, 0.15) is 22.8 Å². The van der Waals surface area contributed by atoms with Crippen LogP contribution in [0.5, 0.6) is 17.2 Å². The molecule has 0 bridgehead atoms. The second kappa shape index (κ2) is 19.5. The quantitative estimate of drug-likeness (QED) is 0.0668. The third-order valence-electron chi connectivity index (χ3n) is 12.6. The molecule has 1 fully saturated rings. The van der Waals surface area contributed by atoms with Crippen LogP contribution in [-0.4, -0.2) is 75.2 Å². The Morgan fingerprint density at radius 1 is 0.968 bits per heavy atom. The van der Waals surface area contributed by atoms with Crippen LogP contribution >= 0.6 is 11.6 Å². The monoisotopic (exact) mass is 884 g/mol. The lowest BCUT2D eigenvalue weighted by molar-refractivity contribution is 0.00694. The molecule has 4 atom stereocenters. The molecule has 3 aliphatic rings. The van der Waals surface area contributed by atoms with Gasteiger partial charge in [0.25, 0.3) is 0 Å². The number of unbranched alkanes of at least 4 members (excludes halogenated alkanes) is 1. The highest BCUT2D eigenvalue weighted by Crippen LogP contribution is 2.47. The molecule has 1 aliphatic heterocycles. The van der Waals surface area contributed by atoms with Gasteiger partial charge < -0.3 is 29.0 Å². The molecule has 332 valence electrons. The molecular weight excluding hydrogens is 824 g/mol. The topological polar surface area (TPSA) is 115 Å². The van der Waals surface area contributed by atoms with E-state index in [0.29, 0.717) is 49.6 Å². The van der Waals surface area contributed by atoms with Crippen LogP contribution in [-0.2, 0) is 39.7 Å². The maximum atomic E-state index is 13.9. The van der Waals surface area contributed by atoms with Gasteiger partial charge in [0.15, 0.2) is 0 Å². The number of sulfonamides is 1. The normalized spacial score (nSPS) is 20.5. The van der Waals surface area contributed by atoms with Gasteiger partial charge >= 0.3 is 5.97 Å². The first-order valence-corrected chi connectivity index (χ1v) is 23.8. The summed E-state index contributed by atoms with van der Waals surface area (Å²) in [5.74, 6) is 1.98. The predicted molar refractivity (Wildman–Crippen MR) is 245 cm³/mol. The summed E-state index contributed by atoms with van der Waals surface area (Å²) in [5.41, 5.74) is 4.66. The molecule has 0 amide bonds. The second-order valence-corrected chi connectivity index (χ2v) is 20.7. The van der Waals surface area contributed by atoms with Crippen LogP contribution in [0, 0.1) is 11.8 Å². The number of hydrogen-bond acceptors (Lipinski definition) is 9. The molecule has 62 heavy (non-hydrogen) atoms. The first kappa shape index (κ1) is 45.5. The van der Waals surface area contributed by atoms with Crippen molar-refractivity contribution in [1.29, 1.82) is 0 Å². The molecule has 2 aliphatic carbocycles. The average Bonchev–Trinajstić information content (AvgIpc) is 3.38. The number of aliphatic hydroxyl groups excluding tert-OH is 1. The maximum Gasteiger partial charge on any atom is 0.338 e. The lowest BCUT2D eigenvalue weighted by Crippen LogP contribution is -2.49. The number of halogens is 1. The van der Waals surface area contributed by atoms with Crippen molar-refractivity contribution in [3.63, 3.8) is 0 Å². The number of allylic oxidation sites excluding steroid dienone is 1. The summed E-state index contributed by atoms with van der Waals surface area (Å²) in [6.45, 7) is 7.94. The van der Waals surface area contributed by atoms with Crippen molar-refractivity contribution in [1.82, 2.24) is 4.31 Å². The zero-order valence-corrected chi connectivity index (χ0v) is 38.2. The zero-order valence-electron chi connectivity index (χ0n) is 36.6. The largest absolute Gasteiger partial charge is 0.497 e. The van der Waals surface area contributed by atoms with Gasteiger partial charge in [-0.1, -0.05) is 54.1 Å². The Labute approximate surface area is 372 Å². The number of methoxy groups -OCH3 is 2.